The molecule has 1 atom stereocenters. The summed E-state index contributed by atoms with van der Waals surface area (Å²) in [5.41, 5.74) is -0.281. The van der Waals surface area contributed by atoms with Gasteiger partial charge in [0.2, 0.25) is 5.91 Å². The predicted molar refractivity (Wildman–Crippen MR) is 66.7 cm³/mol. The zero-order valence-corrected chi connectivity index (χ0v) is 10.4. The second kappa shape index (κ2) is 5.47. The van der Waals surface area contributed by atoms with Crippen LogP contribution in [0.2, 0.25) is 0 Å². The highest BCUT2D eigenvalue weighted by atomic mass is 19.1. The number of hydrogen-bond acceptors (Lipinski definition) is 4. The fourth-order valence-electron chi connectivity index (χ4n) is 1.52. The van der Waals surface area contributed by atoms with Gasteiger partial charge >= 0.3 is 5.97 Å². The lowest BCUT2D eigenvalue weighted by Gasteiger charge is -2.12. The van der Waals surface area contributed by atoms with E-state index in [9.17, 15) is 14.0 Å². The highest BCUT2D eigenvalue weighted by Gasteiger charge is 2.17. The maximum Gasteiger partial charge on any atom is 0.335 e. The number of nitrogens with one attached hydrogen (secondary N) is 1. The number of carboxylic acid groups (broad SMARTS) is 1. The zero-order chi connectivity index (χ0) is 14.7. The normalized spacial score (nSPS) is 11.9. The Kier molecular flexibility index (Phi) is 3.74. The van der Waals surface area contributed by atoms with Crippen molar-refractivity contribution in [1.29, 1.82) is 0 Å². The van der Waals surface area contributed by atoms with Crippen molar-refractivity contribution in [3.05, 3.63) is 42.2 Å². The summed E-state index contributed by atoms with van der Waals surface area (Å²) in [5.74, 6) is -2.54. The van der Waals surface area contributed by atoms with Crippen molar-refractivity contribution in [3.8, 4) is 0 Å². The van der Waals surface area contributed by atoms with E-state index in [1.165, 1.54) is 29.5 Å². The molecule has 20 heavy (non-hydrogen) atoms. The number of rotatable bonds is 4. The third-order valence-corrected chi connectivity index (χ3v) is 2.69. The summed E-state index contributed by atoms with van der Waals surface area (Å²) >= 11 is 0. The molecule has 1 aromatic carbocycles. The van der Waals surface area contributed by atoms with E-state index in [1.807, 2.05) is 0 Å². The molecule has 8 heteroatoms. The summed E-state index contributed by atoms with van der Waals surface area (Å²) in [5, 5.41) is 14.9. The average molecular weight is 278 g/mol. The lowest BCUT2D eigenvalue weighted by molar-refractivity contribution is -0.119. The van der Waals surface area contributed by atoms with Gasteiger partial charge in [-0.1, -0.05) is 0 Å². The first-order chi connectivity index (χ1) is 9.49. The summed E-state index contributed by atoms with van der Waals surface area (Å²) in [6.45, 7) is 1.58. The Morgan fingerprint density at radius 3 is 2.75 bits per heavy atom. The minimum absolute atomic E-state index is 0.0908. The molecule has 2 aromatic rings. The maximum absolute atomic E-state index is 13.7. The van der Waals surface area contributed by atoms with E-state index in [4.69, 9.17) is 5.11 Å². The van der Waals surface area contributed by atoms with Gasteiger partial charge in [-0.05, 0) is 25.1 Å². The van der Waals surface area contributed by atoms with E-state index >= 15 is 0 Å². The van der Waals surface area contributed by atoms with Gasteiger partial charge in [0.1, 0.15) is 24.5 Å². The molecule has 0 saturated heterocycles. The molecule has 1 unspecified atom stereocenters. The summed E-state index contributed by atoms with van der Waals surface area (Å²) in [6.07, 6.45) is 2.65. The second-order valence-corrected chi connectivity index (χ2v) is 4.04. The first kappa shape index (κ1) is 13.7. The Hall–Kier alpha value is -2.77. The first-order valence-corrected chi connectivity index (χ1v) is 5.67. The van der Waals surface area contributed by atoms with E-state index in [0.717, 1.165) is 6.07 Å². The van der Waals surface area contributed by atoms with Crippen molar-refractivity contribution >= 4 is 17.6 Å². The van der Waals surface area contributed by atoms with Crippen molar-refractivity contribution in [2.75, 3.05) is 5.32 Å². The molecule has 2 N–H and O–H groups in total. The molecule has 0 radical (unpaired) electrons. The van der Waals surface area contributed by atoms with Crippen LogP contribution in [0.5, 0.6) is 0 Å². The van der Waals surface area contributed by atoms with Crippen LogP contribution in [0, 0.1) is 5.82 Å². The number of aromatic nitrogens is 3. The highest BCUT2D eigenvalue weighted by Crippen LogP contribution is 2.17. The summed E-state index contributed by atoms with van der Waals surface area (Å²) in [6, 6.07) is 2.58. The van der Waals surface area contributed by atoms with E-state index in [2.05, 4.69) is 15.4 Å². The molecule has 1 amide bonds. The van der Waals surface area contributed by atoms with Crippen molar-refractivity contribution in [3.63, 3.8) is 0 Å². The van der Waals surface area contributed by atoms with Crippen LogP contribution in [0.4, 0.5) is 10.1 Å². The smallest absolute Gasteiger partial charge is 0.335 e. The number of carbonyl (C=O) groups excluding carboxylic acids is 1. The molecule has 0 aliphatic rings. The molecule has 0 saturated carbocycles. The largest absolute Gasteiger partial charge is 0.478 e. The number of amides is 1. The molecule has 104 valence electrons. The number of aromatic carboxylic acids is 1. The predicted octanol–water partition coefficient (Wildman–Crippen LogP) is 1.32. The number of benzene rings is 1. The van der Waals surface area contributed by atoms with E-state index in [0.29, 0.717) is 0 Å². The van der Waals surface area contributed by atoms with E-state index in [-0.39, 0.29) is 11.3 Å². The quantitative estimate of drug-likeness (QED) is 0.879. The Bertz CT molecular complexity index is 642. The van der Waals surface area contributed by atoms with Crippen molar-refractivity contribution < 1.29 is 19.1 Å². The maximum atomic E-state index is 13.7. The van der Waals surface area contributed by atoms with Crippen LogP contribution in [0.1, 0.15) is 23.3 Å². The van der Waals surface area contributed by atoms with E-state index < -0.39 is 23.7 Å². The number of nitrogens with zero attached hydrogens (tertiary/aromatic N) is 3. The van der Waals surface area contributed by atoms with Crippen LogP contribution in [-0.2, 0) is 4.79 Å². The van der Waals surface area contributed by atoms with Crippen LogP contribution in [-0.4, -0.2) is 31.7 Å². The summed E-state index contributed by atoms with van der Waals surface area (Å²) < 4.78 is 15.0. The molecule has 0 aliphatic heterocycles. The summed E-state index contributed by atoms with van der Waals surface area (Å²) in [7, 11) is 0. The average Bonchev–Trinajstić information content (AvgIpc) is 2.93. The molecule has 1 aromatic heterocycles. The van der Waals surface area contributed by atoms with Gasteiger partial charge in [-0.15, -0.1) is 0 Å². The third kappa shape index (κ3) is 2.79. The molecule has 0 spiro atoms. The molecule has 0 bridgehead atoms. The first-order valence-electron chi connectivity index (χ1n) is 5.67. The van der Waals surface area contributed by atoms with Gasteiger partial charge in [0.15, 0.2) is 0 Å². The molecule has 0 fully saturated rings. The van der Waals surface area contributed by atoms with Gasteiger partial charge in [0, 0.05) is 0 Å². The van der Waals surface area contributed by atoms with Gasteiger partial charge in [-0.2, -0.15) is 5.10 Å². The molecule has 1 heterocycles. The molecule has 0 aliphatic carbocycles. The lowest BCUT2D eigenvalue weighted by Crippen LogP contribution is -2.24. The van der Waals surface area contributed by atoms with Crippen molar-refractivity contribution in [2.24, 2.45) is 0 Å². The van der Waals surface area contributed by atoms with Gasteiger partial charge in [0.25, 0.3) is 0 Å². The van der Waals surface area contributed by atoms with E-state index in [1.54, 1.807) is 6.92 Å². The zero-order valence-electron chi connectivity index (χ0n) is 10.4. The van der Waals surface area contributed by atoms with Crippen molar-refractivity contribution in [2.45, 2.75) is 13.0 Å². The van der Waals surface area contributed by atoms with Crippen LogP contribution >= 0.6 is 0 Å². The third-order valence-electron chi connectivity index (χ3n) is 2.69. The standard InChI is InChI=1S/C12H11FN4O3/c1-7(17-6-14-5-15-17)11(18)16-10-3-2-8(12(19)20)4-9(10)13/h2-7H,1H3,(H,16,18)(H,19,20). The fraction of sp³-hybridized carbons (Fsp3) is 0.167. The molecule has 2 rings (SSSR count). The minimum Gasteiger partial charge on any atom is -0.478 e. The summed E-state index contributed by atoms with van der Waals surface area (Å²) in [4.78, 5) is 26.3. The molecule has 7 nitrogen and oxygen atoms in total. The van der Waals surface area contributed by atoms with Gasteiger partial charge in [0.05, 0.1) is 11.3 Å². The van der Waals surface area contributed by atoms with Crippen LogP contribution in [0.25, 0.3) is 0 Å². The highest BCUT2D eigenvalue weighted by molar-refractivity contribution is 5.94. The minimum atomic E-state index is -1.24. The number of carboxylic acids is 1. The molecular weight excluding hydrogens is 267 g/mol. The van der Waals surface area contributed by atoms with Crippen LogP contribution < -0.4 is 5.32 Å². The number of anilines is 1. The van der Waals surface area contributed by atoms with Crippen LogP contribution in [0.3, 0.4) is 0 Å². The Labute approximate surface area is 113 Å². The number of hydrogen-bond donors (Lipinski definition) is 2. The topological polar surface area (TPSA) is 97.1 Å². The fourth-order valence-corrected chi connectivity index (χ4v) is 1.52. The Morgan fingerprint density at radius 2 is 2.20 bits per heavy atom. The Morgan fingerprint density at radius 1 is 1.45 bits per heavy atom. The second-order valence-electron chi connectivity index (χ2n) is 4.04. The molecular formula is C12H11FN4O3. The lowest BCUT2D eigenvalue weighted by atomic mass is 10.2. The van der Waals surface area contributed by atoms with Gasteiger partial charge in [-0.3, -0.25) is 4.79 Å². The van der Waals surface area contributed by atoms with Crippen LogP contribution in [0.15, 0.2) is 30.9 Å². The van der Waals surface area contributed by atoms with Gasteiger partial charge < -0.3 is 10.4 Å². The number of halogens is 1. The Balaban J connectivity index is 2.14. The monoisotopic (exact) mass is 278 g/mol. The number of carbonyl (C=O) groups is 2. The SMILES string of the molecule is CC(C(=O)Nc1ccc(C(=O)O)cc1F)n1cncn1. The van der Waals surface area contributed by atoms with Gasteiger partial charge in [-0.25, -0.2) is 18.9 Å². The van der Waals surface area contributed by atoms with Crippen molar-refractivity contribution in [1.82, 2.24) is 14.8 Å².